The molecule has 2 aromatic carbocycles. The lowest BCUT2D eigenvalue weighted by atomic mass is 9.79. The molecule has 2 unspecified atom stereocenters. The SMILES string of the molecule is C1=C(c2ccccc2)SC2=CCCCC2C1c1ccccc1. The lowest BCUT2D eigenvalue weighted by molar-refractivity contribution is 0.489. The first kappa shape index (κ1) is 13.9. The van der Waals surface area contributed by atoms with Crippen LogP contribution in [0.1, 0.15) is 36.3 Å². The molecule has 0 N–H and O–H groups in total. The van der Waals surface area contributed by atoms with Crippen molar-refractivity contribution >= 4 is 16.7 Å². The Labute approximate surface area is 137 Å². The van der Waals surface area contributed by atoms with Crippen LogP contribution in [0.25, 0.3) is 4.91 Å². The van der Waals surface area contributed by atoms with E-state index in [0.29, 0.717) is 11.8 Å². The maximum atomic E-state index is 2.50. The Balaban J connectivity index is 1.79. The summed E-state index contributed by atoms with van der Waals surface area (Å²) >= 11 is 1.99. The normalized spacial score (nSPS) is 24.2. The smallest absolute Gasteiger partial charge is 0.0158 e. The molecule has 0 amide bonds. The Kier molecular flexibility index (Phi) is 3.90. The highest BCUT2D eigenvalue weighted by Gasteiger charge is 2.31. The van der Waals surface area contributed by atoms with Crippen molar-refractivity contribution in [1.29, 1.82) is 0 Å². The van der Waals surface area contributed by atoms with Crippen LogP contribution in [0.5, 0.6) is 0 Å². The highest BCUT2D eigenvalue weighted by atomic mass is 32.2. The van der Waals surface area contributed by atoms with Gasteiger partial charge in [0.1, 0.15) is 0 Å². The molecule has 0 bridgehead atoms. The molecule has 110 valence electrons. The van der Waals surface area contributed by atoms with Crippen molar-refractivity contribution in [1.82, 2.24) is 0 Å². The van der Waals surface area contributed by atoms with Gasteiger partial charge in [-0.2, -0.15) is 0 Å². The molecule has 2 atom stereocenters. The van der Waals surface area contributed by atoms with Crippen LogP contribution in [0.4, 0.5) is 0 Å². The number of fused-ring (bicyclic) bond motifs is 1. The molecule has 22 heavy (non-hydrogen) atoms. The Morgan fingerprint density at radius 3 is 2.36 bits per heavy atom. The first-order chi connectivity index (χ1) is 10.9. The van der Waals surface area contributed by atoms with Gasteiger partial charge in [-0.15, -0.1) is 0 Å². The van der Waals surface area contributed by atoms with E-state index in [1.54, 1.807) is 4.91 Å². The minimum Gasteiger partial charge on any atom is -0.0942 e. The topological polar surface area (TPSA) is 0 Å². The predicted molar refractivity (Wildman–Crippen MR) is 96.6 cm³/mol. The minimum absolute atomic E-state index is 0.518. The summed E-state index contributed by atoms with van der Waals surface area (Å²) in [5.41, 5.74) is 2.80. The average molecular weight is 304 g/mol. The van der Waals surface area contributed by atoms with Crippen molar-refractivity contribution in [3.63, 3.8) is 0 Å². The molecule has 2 aromatic rings. The lowest BCUT2D eigenvalue weighted by Gasteiger charge is -2.35. The quantitative estimate of drug-likeness (QED) is 0.632. The van der Waals surface area contributed by atoms with Gasteiger partial charge in [-0.1, -0.05) is 84.6 Å². The Morgan fingerprint density at radius 2 is 1.59 bits per heavy atom. The van der Waals surface area contributed by atoms with Gasteiger partial charge in [0, 0.05) is 16.7 Å². The van der Waals surface area contributed by atoms with E-state index in [4.69, 9.17) is 0 Å². The monoisotopic (exact) mass is 304 g/mol. The van der Waals surface area contributed by atoms with Gasteiger partial charge in [-0.3, -0.25) is 0 Å². The van der Waals surface area contributed by atoms with E-state index >= 15 is 0 Å². The molecule has 0 fully saturated rings. The van der Waals surface area contributed by atoms with Gasteiger partial charge >= 0.3 is 0 Å². The molecule has 0 nitrogen and oxygen atoms in total. The van der Waals surface area contributed by atoms with Crippen LogP contribution in [0, 0.1) is 5.92 Å². The summed E-state index contributed by atoms with van der Waals surface area (Å²) in [5, 5.41) is 0. The largest absolute Gasteiger partial charge is 0.0942 e. The second-order valence-corrected chi connectivity index (χ2v) is 7.19. The molecule has 0 spiro atoms. The molecule has 0 radical (unpaired) electrons. The molecule has 0 saturated heterocycles. The molecule has 1 heteroatoms. The van der Waals surface area contributed by atoms with Gasteiger partial charge < -0.3 is 0 Å². The number of hydrogen-bond donors (Lipinski definition) is 0. The average Bonchev–Trinajstić information content (AvgIpc) is 2.62. The summed E-state index contributed by atoms with van der Waals surface area (Å²) in [4.78, 5) is 3.00. The standard InChI is InChI=1S/C21H20S/c1-3-9-16(10-4-1)19-15-21(17-11-5-2-6-12-17)22-20-14-8-7-13-18(19)20/h1-6,9-12,14-15,18-19H,7-8,13H2. The van der Waals surface area contributed by atoms with E-state index < -0.39 is 0 Å². The number of thioether (sulfide) groups is 1. The van der Waals surface area contributed by atoms with E-state index in [2.05, 4.69) is 72.8 Å². The van der Waals surface area contributed by atoms with E-state index in [-0.39, 0.29) is 0 Å². The van der Waals surface area contributed by atoms with Crippen LogP contribution >= 0.6 is 11.8 Å². The van der Waals surface area contributed by atoms with Gasteiger partial charge in [0.15, 0.2) is 0 Å². The zero-order chi connectivity index (χ0) is 14.8. The lowest BCUT2D eigenvalue weighted by Crippen LogP contribution is -2.18. The van der Waals surface area contributed by atoms with E-state index in [1.807, 2.05) is 11.8 Å². The highest BCUT2D eigenvalue weighted by molar-refractivity contribution is 8.11. The number of rotatable bonds is 2. The van der Waals surface area contributed by atoms with Crippen molar-refractivity contribution in [2.45, 2.75) is 25.2 Å². The summed E-state index contributed by atoms with van der Waals surface area (Å²) in [7, 11) is 0. The third-order valence-corrected chi connectivity index (χ3v) is 5.96. The van der Waals surface area contributed by atoms with E-state index in [0.717, 1.165) is 0 Å². The molecule has 1 aliphatic heterocycles. The van der Waals surface area contributed by atoms with Crippen molar-refractivity contribution < 1.29 is 0 Å². The second-order valence-electron chi connectivity index (χ2n) is 6.08. The second kappa shape index (κ2) is 6.18. The summed E-state index contributed by atoms with van der Waals surface area (Å²) < 4.78 is 0. The van der Waals surface area contributed by atoms with Crippen LogP contribution in [0.15, 0.2) is 77.7 Å². The van der Waals surface area contributed by atoms with Gasteiger partial charge in [0.25, 0.3) is 0 Å². The third-order valence-electron chi connectivity index (χ3n) is 4.67. The van der Waals surface area contributed by atoms with Crippen LogP contribution in [-0.4, -0.2) is 0 Å². The number of hydrogen-bond acceptors (Lipinski definition) is 1. The first-order valence-electron chi connectivity index (χ1n) is 8.12. The van der Waals surface area contributed by atoms with Crippen LogP contribution < -0.4 is 0 Å². The summed E-state index contributed by atoms with van der Waals surface area (Å²) in [6.45, 7) is 0. The zero-order valence-electron chi connectivity index (χ0n) is 12.6. The minimum atomic E-state index is 0.518. The molecule has 0 saturated carbocycles. The molecule has 1 heterocycles. The summed E-state index contributed by atoms with van der Waals surface area (Å²) in [6.07, 6.45) is 8.86. The summed E-state index contributed by atoms with van der Waals surface area (Å²) in [5.74, 6) is 1.19. The molecule has 2 aliphatic rings. The molecular weight excluding hydrogens is 284 g/mol. The molecular formula is C21H20S. The van der Waals surface area contributed by atoms with Gasteiger partial charge in [0.05, 0.1) is 0 Å². The van der Waals surface area contributed by atoms with Gasteiger partial charge in [-0.05, 0) is 35.3 Å². The van der Waals surface area contributed by atoms with Gasteiger partial charge in [0.2, 0.25) is 0 Å². The Morgan fingerprint density at radius 1 is 0.864 bits per heavy atom. The van der Waals surface area contributed by atoms with Crippen molar-refractivity contribution in [3.05, 3.63) is 88.8 Å². The molecule has 1 aliphatic carbocycles. The zero-order valence-corrected chi connectivity index (χ0v) is 13.4. The van der Waals surface area contributed by atoms with Crippen molar-refractivity contribution in [2.24, 2.45) is 5.92 Å². The third kappa shape index (κ3) is 2.66. The van der Waals surface area contributed by atoms with E-state index in [1.165, 1.54) is 35.3 Å². The highest BCUT2D eigenvalue weighted by Crippen LogP contribution is 2.52. The first-order valence-corrected chi connectivity index (χ1v) is 8.93. The van der Waals surface area contributed by atoms with Crippen molar-refractivity contribution in [2.75, 3.05) is 0 Å². The molecule has 4 rings (SSSR count). The van der Waals surface area contributed by atoms with Gasteiger partial charge in [-0.25, -0.2) is 0 Å². The number of benzene rings is 2. The van der Waals surface area contributed by atoms with Crippen LogP contribution in [0.2, 0.25) is 0 Å². The maximum absolute atomic E-state index is 2.50. The fourth-order valence-electron chi connectivity index (χ4n) is 3.55. The van der Waals surface area contributed by atoms with Crippen molar-refractivity contribution in [3.8, 4) is 0 Å². The van der Waals surface area contributed by atoms with E-state index in [9.17, 15) is 0 Å². The Hall–Kier alpha value is -1.73. The maximum Gasteiger partial charge on any atom is 0.0158 e. The predicted octanol–water partition coefficient (Wildman–Crippen LogP) is 6.24. The fourth-order valence-corrected chi connectivity index (χ4v) is 4.89. The summed E-state index contributed by atoms with van der Waals surface area (Å²) in [6, 6.07) is 21.8. The fraction of sp³-hybridized carbons (Fsp3) is 0.238. The van der Waals surface area contributed by atoms with Crippen LogP contribution in [0.3, 0.4) is 0 Å². The molecule has 0 aromatic heterocycles. The number of allylic oxidation sites excluding steroid dienone is 3. The Bertz CT molecular complexity index is 697. The van der Waals surface area contributed by atoms with Crippen LogP contribution in [-0.2, 0) is 0 Å².